The molecule has 2 fully saturated rings. The standard InChI is InChI=1S/C16H19NO3/c18-16(17-15(10-5-6-10)11-7-8-11)14-9-19-12-3-1-2-4-13(12)20-14/h1-4,10-11,14-15H,5-9H2,(H,17,18). The van der Waals surface area contributed by atoms with Gasteiger partial charge in [0.25, 0.3) is 5.91 Å². The Labute approximate surface area is 118 Å². The van der Waals surface area contributed by atoms with Gasteiger partial charge < -0.3 is 14.8 Å². The van der Waals surface area contributed by atoms with E-state index in [4.69, 9.17) is 9.47 Å². The molecule has 3 aliphatic rings. The molecule has 1 amide bonds. The Hall–Kier alpha value is -1.71. The summed E-state index contributed by atoms with van der Waals surface area (Å²) in [5.74, 6) is 2.75. The fourth-order valence-corrected chi connectivity index (χ4v) is 2.94. The van der Waals surface area contributed by atoms with E-state index in [0.717, 1.165) is 5.75 Å². The van der Waals surface area contributed by atoms with Crippen LogP contribution in [0.1, 0.15) is 25.7 Å². The van der Waals surface area contributed by atoms with Crippen LogP contribution in [0, 0.1) is 11.8 Å². The number of carbonyl (C=O) groups is 1. The van der Waals surface area contributed by atoms with Crippen molar-refractivity contribution >= 4 is 5.91 Å². The first-order valence-electron chi connectivity index (χ1n) is 7.50. The summed E-state index contributed by atoms with van der Waals surface area (Å²) in [4.78, 5) is 12.4. The minimum Gasteiger partial charge on any atom is -0.485 e. The quantitative estimate of drug-likeness (QED) is 0.914. The molecule has 4 rings (SSSR count). The lowest BCUT2D eigenvalue weighted by Gasteiger charge is -2.27. The van der Waals surface area contributed by atoms with Gasteiger partial charge in [0.2, 0.25) is 6.10 Å². The Morgan fingerprint density at radius 3 is 2.40 bits per heavy atom. The van der Waals surface area contributed by atoms with E-state index >= 15 is 0 Å². The van der Waals surface area contributed by atoms with Gasteiger partial charge in [0.15, 0.2) is 11.5 Å². The summed E-state index contributed by atoms with van der Waals surface area (Å²) in [7, 11) is 0. The summed E-state index contributed by atoms with van der Waals surface area (Å²) in [6.45, 7) is 0.297. The van der Waals surface area contributed by atoms with Crippen LogP contribution in [0.3, 0.4) is 0 Å². The van der Waals surface area contributed by atoms with Gasteiger partial charge in [-0.2, -0.15) is 0 Å². The van der Waals surface area contributed by atoms with E-state index in [1.807, 2.05) is 24.3 Å². The van der Waals surface area contributed by atoms with E-state index in [-0.39, 0.29) is 5.91 Å². The highest BCUT2D eigenvalue weighted by Crippen LogP contribution is 2.44. The largest absolute Gasteiger partial charge is 0.485 e. The SMILES string of the molecule is O=C(NC(C1CC1)C1CC1)C1COc2ccccc2O1. The number of nitrogens with one attached hydrogen (secondary N) is 1. The summed E-state index contributed by atoms with van der Waals surface area (Å²) >= 11 is 0. The molecule has 0 spiro atoms. The topological polar surface area (TPSA) is 47.6 Å². The van der Waals surface area contributed by atoms with Crippen LogP contribution in [-0.4, -0.2) is 24.7 Å². The van der Waals surface area contributed by atoms with Crippen molar-refractivity contribution in [3.05, 3.63) is 24.3 Å². The maximum Gasteiger partial charge on any atom is 0.264 e. The van der Waals surface area contributed by atoms with Gasteiger partial charge in [0, 0.05) is 6.04 Å². The molecule has 1 unspecified atom stereocenters. The summed E-state index contributed by atoms with van der Waals surface area (Å²) in [6, 6.07) is 7.86. The van der Waals surface area contributed by atoms with Crippen molar-refractivity contribution in [2.45, 2.75) is 37.8 Å². The molecule has 0 radical (unpaired) electrons. The van der Waals surface area contributed by atoms with Crippen LogP contribution in [0.4, 0.5) is 0 Å². The molecule has 2 aliphatic carbocycles. The van der Waals surface area contributed by atoms with Gasteiger partial charge in [-0.3, -0.25) is 4.79 Å². The van der Waals surface area contributed by atoms with Gasteiger partial charge in [0.05, 0.1) is 0 Å². The highest BCUT2D eigenvalue weighted by Gasteiger charge is 2.43. The molecule has 1 N–H and O–H groups in total. The van der Waals surface area contributed by atoms with Crippen LogP contribution in [0.15, 0.2) is 24.3 Å². The van der Waals surface area contributed by atoms with E-state index in [9.17, 15) is 4.79 Å². The molecule has 1 atom stereocenters. The van der Waals surface area contributed by atoms with Crippen LogP contribution >= 0.6 is 0 Å². The Morgan fingerprint density at radius 1 is 1.10 bits per heavy atom. The number of rotatable bonds is 4. The summed E-state index contributed by atoms with van der Waals surface area (Å²) in [5, 5.41) is 3.20. The zero-order valence-electron chi connectivity index (χ0n) is 11.4. The molecule has 2 saturated carbocycles. The molecule has 0 aromatic heterocycles. The summed E-state index contributed by atoms with van der Waals surface area (Å²) in [6.07, 6.45) is 4.50. The lowest BCUT2D eigenvalue weighted by Crippen LogP contribution is -2.49. The van der Waals surface area contributed by atoms with E-state index < -0.39 is 6.10 Å². The van der Waals surface area contributed by atoms with Crippen molar-refractivity contribution in [3.63, 3.8) is 0 Å². The smallest absolute Gasteiger partial charge is 0.264 e. The van der Waals surface area contributed by atoms with Crippen molar-refractivity contribution in [1.82, 2.24) is 5.32 Å². The second-order valence-electron chi connectivity index (χ2n) is 6.07. The average molecular weight is 273 g/mol. The average Bonchev–Trinajstić information content (AvgIpc) is 3.37. The number of amides is 1. The highest BCUT2D eigenvalue weighted by molar-refractivity contribution is 5.82. The van der Waals surface area contributed by atoms with Crippen LogP contribution in [0.25, 0.3) is 0 Å². The molecule has 1 aliphatic heterocycles. The van der Waals surface area contributed by atoms with Gasteiger partial charge in [-0.1, -0.05) is 12.1 Å². The number of para-hydroxylation sites is 2. The summed E-state index contributed by atoms with van der Waals surface area (Å²) in [5.41, 5.74) is 0. The maximum atomic E-state index is 12.4. The molecule has 4 heteroatoms. The molecular formula is C16H19NO3. The van der Waals surface area contributed by atoms with Gasteiger partial charge in [-0.25, -0.2) is 0 Å². The highest BCUT2D eigenvalue weighted by atomic mass is 16.6. The molecular weight excluding hydrogens is 254 g/mol. The molecule has 0 saturated heterocycles. The zero-order chi connectivity index (χ0) is 13.5. The summed E-state index contributed by atoms with van der Waals surface area (Å²) < 4.78 is 11.4. The molecule has 20 heavy (non-hydrogen) atoms. The molecule has 4 nitrogen and oxygen atoms in total. The van der Waals surface area contributed by atoms with E-state index in [1.165, 1.54) is 25.7 Å². The van der Waals surface area contributed by atoms with Crippen LogP contribution in [0.2, 0.25) is 0 Å². The molecule has 1 aromatic carbocycles. The fourth-order valence-electron chi connectivity index (χ4n) is 2.94. The van der Waals surface area contributed by atoms with E-state index in [2.05, 4.69) is 5.32 Å². The van der Waals surface area contributed by atoms with Gasteiger partial charge in [0.1, 0.15) is 6.61 Å². The van der Waals surface area contributed by atoms with E-state index in [0.29, 0.717) is 30.2 Å². The third-order valence-corrected chi connectivity index (χ3v) is 4.37. The zero-order valence-corrected chi connectivity index (χ0v) is 11.4. The lowest BCUT2D eigenvalue weighted by atomic mass is 10.1. The van der Waals surface area contributed by atoms with E-state index in [1.54, 1.807) is 0 Å². The molecule has 1 aromatic rings. The first-order chi connectivity index (χ1) is 9.81. The number of carbonyl (C=O) groups excluding carboxylic acids is 1. The monoisotopic (exact) mass is 273 g/mol. The third kappa shape index (κ3) is 2.35. The fraction of sp³-hybridized carbons (Fsp3) is 0.562. The Kier molecular flexibility index (Phi) is 2.83. The number of benzene rings is 1. The van der Waals surface area contributed by atoms with Crippen LogP contribution in [0.5, 0.6) is 11.5 Å². The normalized spacial score (nSPS) is 24.6. The van der Waals surface area contributed by atoms with Crippen molar-refractivity contribution in [2.24, 2.45) is 11.8 Å². The number of hydrogen-bond acceptors (Lipinski definition) is 3. The molecule has 106 valence electrons. The van der Waals surface area contributed by atoms with Crippen molar-refractivity contribution in [3.8, 4) is 11.5 Å². The number of fused-ring (bicyclic) bond motifs is 1. The van der Waals surface area contributed by atoms with Crippen molar-refractivity contribution < 1.29 is 14.3 Å². The second kappa shape index (κ2) is 4.69. The maximum absolute atomic E-state index is 12.4. The van der Waals surface area contributed by atoms with Gasteiger partial charge in [-0.05, 0) is 49.7 Å². The molecule has 1 heterocycles. The Morgan fingerprint density at radius 2 is 1.75 bits per heavy atom. The van der Waals surface area contributed by atoms with Crippen LogP contribution < -0.4 is 14.8 Å². The first kappa shape index (κ1) is 12.1. The van der Waals surface area contributed by atoms with Gasteiger partial charge in [-0.15, -0.1) is 0 Å². The second-order valence-corrected chi connectivity index (χ2v) is 6.07. The Bertz CT molecular complexity index is 510. The number of ether oxygens (including phenoxy) is 2. The minimum atomic E-state index is -0.523. The predicted octanol–water partition coefficient (Wildman–Crippen LogP) is 2.13. The van der Waals surface area contributed by atoms with Crippen molar-refractivity contribution in [2.75, 3.05) is 6.61 Å². The van der Waals surface area contributed by atoms with Crippen LogP contribution in [-0.2, 0) is 4.79 Å². The molecule has 0 bridgehead atoms. The Balaban J connectivity index is 1.41. The first-order valence-corrected chi connectivity index (χ1v) is 7.50. The predicted molar refractivity (Wildman–Crippen MR) is 73.7 cm³/mol. The lowest BCUT2D eigenvalue weighted by molar-refractivity contribution is -0.131. The van der Waals surface area contributed by atoms with Gasteiger partial charge >= 0.3 is 0 Å². The minimum absolute atomic E-state index is 0.0247. The van der Waals surface area contributed by atoms with Crippen molar-refractivity contribution in [1.29, 1.82) is 0 Å². The third-order valence-electron chi connectivity index (χ3n) is 4.37. The number of hydrogen-bond donors (Lipinski definition) is 1.